The molecular formula is C13H24N4O3. The monoisotopic (exact) mass is 284 g/mol. The van der Waals surface area contributed by atoms with E-state index in [4.69, 9.17) is 0 Å². The van der Waals surface area contributed by atoms with Gasteiger partial charge in [-0.05, 0) is 40.5 Å². The van der Waals surface area contributed by atoms with E-state index in [2.05, 4.69) is 10.4 Å². The fraction of sp³-hybridized carbons (Fsp3) is 0.769. The third-order valence-electron chi connectivity index (χ3n) is 3.59. The first kappa shape index (κ1) is 16.4. The Hall–Kier alpha value is -1.63. The van der Waals surface area contributed by atoms with Crippen LogP contribution in [0.25, 0.3) is 0 Å². The average Bonchev–Trinajstić information content (AvgIpc) is 2.66. The lowest BCUT2D eigenvalue weighted by atomic mass is 9.95. The SMILES string of the molecule is CCC(C)(CCO)Nc1c([N+](=O)[O-])c(C)nn1C(C)C. The zero-order valence-electron chi connectivity index (χ0n) is 12.8. The lowest BCUT2D eigenvalue weighted by molar-refractivity contribution is -0.384. The van der Waals surface area contributed by atoms with E-state index in [1.807, 2.05) is 27.7 Å². The highest BCUT2D eigenvalue weighted by molar-refractivity contribution is 5.61. The molecule has 7 nitrogen and oxygen atoms in total. The molecular weight excluding hydrogens is 260 g/mol. The van der Waals surface area contributed by atoms with E-state index >= 15 is 0 Å². The summed E-state index contributed by atoms with van der Waals surface area (Å²) in [5, 5.41) is 27.9. The van der Waals surface area contributed by atoms with Crippen LogP contribution in [0.3, 0.4) is 0 Å². The number of hydrogen-bond donors (Lipinski definition) is 2. The largest absolute Gasteiger partial charge is 0.396 e. The second-order valence-corrected chi connectivity index (χ2v) is 5.59. The molecule has 114 valence electrons. The van der Waals surface area contributed by atoms with Gasteiger partial charge in [0.05, 0.1) is 4.92 Å². The maximum Gasteiger partial charge on any atom is 0.333 e. The summed E-state index contributed by atoms with van der Waals surface area (Å²) in [5.41, 5.74) is 0.00323. The third kappa shape index (κ3) is 3.27. The van der Waals surface area contributed by atoms with Gasteiger partial charge in [-0.25, -0.2) is 4.68 Å². The van der Waals surface area contributed by atoms with Crippen molar-refractivity contribution in [1.29, 1.82) is 0 Å². The van der Waals surface area contributed by atoms with Gasteiger partial charge in [-0.1, -0.05) is 6.92 Å². The molecule has 0 fully saturated rings. The molecule has 0 amide bonds. The summed E-state index contributed by atoms with van der Waals surface area (Å²) < 4.78 is 1.64. The van der Waals surface area contributed by atoms with Crippen molar-refractivity contribution in [2.24, 2.45) is 0 Å². The summed E-state index contributed by atoms with van der Waals surface area (Å²) in [6.07, 6.45) is 1.26. The topological polar surface area (TPSA) is 93.2 Å². The Kier molecular flexibility index (Phi) is 5.10. The molecule has 1 atom stereocenters. The Morgan fingerprint density at radius 1 is 1.55 bits per heavy atom. The van der Waals surface area contributed by atoms with Gasteiger partial charge in [0.15, 0.2) is 0 Å². The molecule has 1 aromatic rings. The highest BCUT2D eigenvalue weighted by atomic mass is 16.6. The van der Waals surface area contributed by atoms with E-state index in [1.165, 1.54) is 0 Å². The van der Waals surface area contributed by atoms with Crippen molar-refractivity contribution in [2.75, 3.05) is 11.9 Å². The van der Waals surface area contributed by atoms with Crippen LogP contribution in [0.4, 0.5) is 11.5 Å². The van der Waals surface area contributed by atoms with Crippen LogP contribution in [0.15, 0.2) is 0 Å². The number of hydrogen-bond acceptors (Lipinski definition) is 5. The van der Waals surface area contributed by atoms with Crippen LogP contribution >= 0.6 is 0 Å². The molecule has 1 heterocycles. The first-order valence-electron chi connectivity index (χ1n) is 6.88. The summed E-state index contributed by atoms with van der Waals surface area (Å²) in [4.78, 5) is 10.9. The molecule has 1 unspecified atom stereocenters. The van der Waals surface area contributed by atoms with Gasteiger partial charge in [-0.15, -0.1) is 0 Å². The van der Waals surface area contributed by atoms with Gasteiger partial charge in [0.2, 0.25) is 5.82 Å². The fourth-order valence-electron chi connectivity index (χ4n) is 2.11. The van der Waals surface area contributed by atoms with Gasteiger partial charge in [0, 0.05) is 18.2 Å². The number of nitrogens with zero attached hydrogens (tertiary/aromatic N) is 3. The molecule has 0 bridgehead atoms. The fourth-order valence-corrected chi connectivity index (χ4v) is 2.11. The van der Waals surface area contributed by atoms with E-state index in [0.717, 1.165) is 6.42 Å². The number of aliphatic hydroxyl groups is 1. The van der Waals surface area contributed by atoms with Crippen LogP contribution < -0.4 is 5.32 Å². The number of anilines is 1. The second kappa shape index (κ2) is 6.21. The quantitative estimate of drug-likeness (QED) is 0.593. The number of nitro groups is 1. The molecule has 0 aliphatic rings. The zero-order valence-corrected chi connectivity index (χ0v) is 12.8. The normalized spacial score (nSPS) is 14.3. The van der Waals surface area contributed by atoms with Gasteiger partial charge in [-0.3, -0.25) is 10.1 Å². The first-order valence-corrected chi connectivity index (χ1v) is 6.88. The smallest absolute Gasteiger partial charge is 0.333 e. The Bertz CT molecular complexity index is 484. The Morgan fingerprint density at radius 2 is 2.15 bits per heavy atom. The summed E-state index contributed by atoms with van der Waals surface area (Å²) in [5.74, 6) is 0.417. The number of aromatic nitrogens is 2. The average molecular weight is 284 g/mol. The molecule has 1 aromatic heterocycles. The van der Waals surface area contributed by atoms with E-state index in [0.29, 0.717) is 17.9 Å². The first-order chi connectivity index (χ1) is 9.25. The summed E-state index contributed by atoms with van der Waals surface area (Å²) in [7, 11) is 0. The van der Waals surface area contributed by atoms with Gasteiger partial charge in [0.1, 0.15) is 5.69 Å². The maximum absolute atomic E-state index is 11.3. The van der Waals surface area contributed by atoms with Gasteiger partial charge < -0.3 is 10.4 Å². The standard InChI is InChI=1S/C13H24N4O3/c1-6-13(5,7-8-18)14-12-11(17(19)20)10(4)15-16(12)9(2)3/h9,14,18H,6-8H2,1-5H3. The molecule has 0 aliphatic heterocycles. The Morgan fingerprint density at radius 3 is 2.55 bits per heavy atom. The molecule has 0 saturated carbocycles. The number of nitrogens with one attached hydrogen (secondary N) is 1. The number of aliphatic hydroxyl groups excluding tert-OH is 1. The summed E-state index contributed by atoms with van der Waals surface area (Å²) in [6, 6.07) is 0.0140. The summed E-state index contributed by atoms with van der Waals surface area (Å²) in [6.45, 7) is 9.45. The molecule has 0 aliphatic carbocycles. The molecule has 2 N–H and O–H groups in total. The predicted molar refractivity (Wildman–Crippen MR) is 78.0 cm³/mol. The van der Waals surface area contributed by atoms with Crippen LogP contribution in [0, 0.1) is 17.0 Å². The van der Waals surface area contributed by atoms with Gasteiger partial charge >= 0.3 is 5.69 Å². The highest BCUT2D eigenvalue weighted by Gasteiger charge is 2.31. The van der Waals surface area contributed by atoms with Crippen molar-refractivity contribution in [1.82, 2.24) is 9.78 Å². The molecule has 7 heteroatoms. The van der Waals surface area contributed by atoms with Crippen molar-refractivity contribution >= 4 is 11.5 Å². The minimum absolute atomic E-state index is 0.0105. The van der Waals surface area contributed by atoms with Gasteiger partial charge in [0.25, 0.3) is 0 Å². The maximum atomic E-state index is 11.3. The van der Waals surface area contributed by atoms with E-state index in [9.17, 15) is 15.2 Å². The van der Waals surface area contributed by atoms with Crippen LogP contribution in [0.2, 0.25) is 0 Å². The lowest BCUT2D eigenvalue weighted by Crippen LogP contribution is -2.36. The third-order valence-corrected chi connectivity index (χ3v) is 3.59. The number of rotatable bonds is 7. The minimum Gasteiger partial charge on any atom is -0.396 e. The molecule has 0 aromatic carbocycles. The zero-order chi connectivity index (χ0) is 15.5. The Balaban J connectivity index is 3.30. The second-order valence-electron chi connectivity index (χ2n) is 5.59. The molecule has 0 saturated heterocycles. The van der Waals surface area contributed by atoms with Crippen LogP contribution in [-0.2, 0) is 0 Å². The molecule has 20 heavy (non-hydrogen) atoms. The van der Waals surface area contributed by atoms with Crippen molar-refractivity contribution in [3.8, 4) is 0 Å². The molecule has 0 spiro atoms. The van der Waals surface area contributed by atoms with Crippen LogP contribution in [-0.4, -0.2) is 32.0 Å². The number of aryl methyl sites for hydroxylation is 1. The van der Waals surface area contributed by atoms with E-state index < -0.39 is 10.5 Å². The minimum atomic E-state index is -0.404. The van der Waals surface area contributed by atoms with Crippen molar-refractivity contribution in [2.45, 2.75) is 59.0 Å². The predicted octanol–water partition coefficient (Wildman–Crippen LogP) is 2.64. The van der Waals surface area contributed by atoms with Crippen molar-refractivity contribution in [3.63, 3.8) is 0 Å². The highest BCUT2D eigenvalue weighted by Crippen LogP contribution is 2.34. The van der Waals surface area contributed by atoms with Crippen LogP contribution in [0.5, 0.6) is 0 Å². The Labute approximate surface area is 119 Å². The molecule has 1 rings (SSSR count). The van der Waals surface area contributed by atoms with Crippen molar-refractivity contribution in [3.05, 3.63) is 15.8 Å². The summed E-state index contributed by atoms with van der Waals surface area (Å²) >= 11 is 0. The van der Waals surface area contributed by atoms with Crippen LogP contribution in [0.1, 0.15) is 52.3 Å². The van der Waals surface area contributed by atoms with E-state index in [1.54, 1.807) is 11.6 Å². The molecule has 0 radical (unpaired) electrons. The van der Waals surface area contributed by atoms with E-state index in [-0.39, 0.29) is 18.3 Å². The van der Waals surface area contributed by atoms with Gasteiger partial charge in [-0.2, -0.15) is 5.10 Å². The van der Waals surface area contributed by atoms with Crippen molar-refractivity contribution < 1.29 is 10.0 Å². The lowest BCUT2D eigenvalue weighted by Gasteiger charge is -2.30.